The molecular weight excluding hydrogens is 258 g/mol. The minimum absolute atomic E-state index is 0.311. The number of allylic oxidation sites excluding steroid dienone is 1. The summed E-state index contributed by atoms with van der Waals surface area (Å²) in [5, 5.41) is 0.743. The fourth-order valence-electron chi connectivity index (χ4n) is 2.03. The van der Waals surface area contributed by atoms with Gasteiger partial charge in [0.05, 0.1) is 11.2 Å². The molecular formula is C15H20BClO2. The first kappa shape index (κ1) is 14.6. The zero-order chi connectivity index (χ0) is 14.3. The average molecular weight is 279 g/mol. The molecule has 0 bridgehead atoms. The van der Waals surface area contributed by atoms with Crippen LogP contribution in [0, 0.1) is 0 Å². The van der Waals surface area contributed by atoms with Crippen molar-refractivity contribution in [1.29, 1.82) is 0 Å². The van der Waals surface area contributed by atoms with Gasteiger partial charge in [0.25, 0.3) is 0 Å². The van der Waals surface area contributed by atoms with Crippen molar-refractivity contribution in [3.63, 3.8) is 0 Å². The van der Waals surface area contributed by atoms with Crippen LogP contribution in [0.5, 0.6) is 0 Å². The normalized spacial score (nSPS) is 21.8. The number of rotatable bonds is 2. The van der Waals surface area contributed by atoms with Crippen LogP contribution >= 0.6 is 11.6 Å². The Hall–Kier alpha value is -0.765. The van der Waals surface area contributed by atoms with E-state index >= 15 is 0 Å². The Bertz CT molecular complexity index is 493. The van der Waals surface area contributed by atoms with E-state index in [0.29, 0.717) is 0 Å². The van der Waals surface area contributed by atoms with Gasteiger partial charge in [-0.05, 0) is 51.8 Å². The van der Waals surface area contributed by atoms with Crippen LogP contribution in [0.15, 0.2) is 30.2 Å². The minimum atomic E-state index is -0.332. The van der Waals surface area contributed by atoms with Crippen LogP contribution in [0.4, 0.5) is 0 Å². The molecule has 0 spiro atoms. The predicted octanol–water partition coefficient (Wildman–Crippen LogP) is 4.37. The lowest BCUT2D eigenvalue weighted by molar-refractivity contribution is 0.00578. The second-order valence-electron chi connectivity index (χ2n) is 5.95. The SMILES string of the molecule is C/C(=C/B1OC(C)(C)C(C)(C)O1)c1ccccc1Cl. The summed E-state index contributed by atoms with van der Waals surface area (Å²) >= 11 is 6.19. The highest BCUT2D eigenvalue weighted by Gasteiger charge is 2.50. The van der Waals surface area contributed by atoms with Gasteiger partial charge in [0.1, 0.15) is 0 Å². The van der Waals surface area contributed by atoms with Crippen molar-refractivity contribution in [3.05, 3.63) is 40.8 Å². The Labute approximate surface area is 120 Å². The quantitative estimate of drug-likeness (QED) is 0.748. The maximum absolute atomic E-state index is 6.19. The summed E-state index contributed by atoms with van der Waals surface area (Å²) in [5.74, 6) is 1.98. The fourth-order valence-corrected chi connectivity index (χ4v) is 2.32. The predicted molar refractivity (Wildman–Crippen MR) is 81.2 cm³/mol. The molecule has 19 heavy (non-hydrogen) atoms. The molecule has 0 aliphatic carbocycles. The van der Waals surface area contributed by atoms with Gasteiger partial charge in [-0.3, -0.25) is 0 Å². The van der Waals surface area contributed by atoms with Crippen molar-refractivity contribution in [2.24, 2.45) is 0 Å². The second kappa shape index (κ2) is 4.97. The highest BCUT2D eigenvalue weighted by Crippen LogP contribution is 2.37. The Morgan fingerprint density at radius 1 is 1.11 bits per heavy atom. The van der Waals surface area contributed by atoms with Crippen LogP contribution in [-0.2, 0) is 9.31 Å². The molecule has 1 aromatic rings. The third kappa shape index (κ3) is 2.89. The number of benzene rings is 1. The van der Waals surface area contributed by atoms with Gasteiger partial charge >= 0.3 is 7.12 Å². The first-order valence-electron chi connectivity index (χ1n) is 6.52. The Balaban J connectivity index is 2.22. The largest absolute Gasteiger partial charge is 0.487 e. The van der Waals surface area contributed by atoms with E-state index in [9.17, 15) is 0 Å². The molecule has 0 unspecified atom stereocenters. The van der Waals surface area contributed by atoms with Crippen LogP contribution in [0.25, 0.3) is 5.57 Å². The smallest absolute Gasteiger partial charge is 0.400 e. The zero-order valence-corrected chi connectivity index (χ0v) is 12.9. The highest BCUT2D eigenvalue weighted by atomic mass is 35.5. The van der Waals surface area contributed by atoms with Gasteiger partial charge in [0, 0.05) is 5.02 Å². The monoisotopic (exact) mass is 278 g/mol. The lowest BCUT2D eigenvalue weighted by atomic mass is 9.85. The van der Waals surface area contributed by atoms with Crippen molar-refractivity contribution < 1.29 is 9.31 Å². The molecule has 0 atom stereocenters. The standard InChI is InChI=1S/C15H20BClO2/c1-11(12-8-6-7-9-13(12)17)10-16-18-14(2,3)15(4,5)19-16/h6-10H,1-5H3/b11-10-. The van der Waals surface area contributed by atoms with Crippen molar-refractivity contribution >= 4 is 24.3 Å². The molecule has 0 saturated carbocycles. The number of halogens is 1. The summed E-state index contributed by atoms with van der Waals surface area (Å²) in [4.78, 5) is 0. The number of hydrogen-bond acceptors (Lipinski definition) is 2. The summed E-state index contributed by atoms with van der Waals surface area (Å²) in [6.45, 7) is 10.2. The Morgan fingerprint density at radius 2 is 1.63 bits per heavy atom. The summed E-state index contributed by atoms with van der Waals surface area (Å²) in [5.41, 5.74) is 1.45. The van der Waals surface area contributed by atoms with E-state index in [1.165, 1.54) is 0 Å². The van der Waals surface area contributed by atoms with Crippen molar-refractivity contribution in [1.82, 2.24) is 0 Å². The van der Waals surface area contributed by atoms with Crippen LogP contribution in [0.2, 0.25) is 5.02 Å². The molecule has 2 nitrogen and oxygen atoms in total. The van der Waals surface area contributed by atoms with Crippen LogP contribution in [0.3, 0.4) is 0 Å². The third-order valence-corrected chi connectivity index (χ3v) is 4.29. The topological polar surface area (TPSA) is 18.5 Å². The molecule has 102 valence electrons. The van der Waals surface area contributed by atoms with Crippen molar-refractivity contribution in [2.75, 3.05) is 0 Å². The van der Waals surface area contributed by atoms with Crippen LogP contribution in [-0.4, -0.2) is 18.3 Å². The van der Waals surface area contributed by atoms with Gasteiger partial charge in [0.2, 0.25) is 0 Å². The average Bonchev–Trinajstić information content (AvgIpc) is 2.47. The molecule has 0 N–H and O–H groups in total. The third-order valence-electron chi connectivity index (χ3n) is 3.96. The zero-order valence-electron chi connectivity index (χ0n) is 12.2. The first-order chi connectivity index (χ1) is 8.73. The van der Waals surface area contributed by atoms with E-state index in [1.807, 2.05) is 64.9 Å². The number of hydrogen-bond donors (Lipinski definition) is 0. The van der Waals surface area contributed by atoms with Gasteiger partial charge in [-0.15, -0.1) is 0 Å². The van der Waals surface area contributed by atoms with E-state index in [2.05, 4.69) is 0 Å². The molecule has 1 aromatic carbocycles. The van der Waals surface area contributed by atoms with E-state index in [-0.39, 0.29) is 18.3 Å². The van der Waals surface area contributed by atoms with Gasteiger partial charge in [0.15, 0.2) is 0 Å². The molecule has 1 aliphatic heterocycles. The van der Waals surface area contributed by atoms with Crippen LogP contribution < -0.4 is 0 Å². The first-order valence-corrected chi connectivity index (χ1v) is 6.90. The lowest BCUT2D eigenvalue weighted by Crippen LogP contribution is -2.41. The van der Waals surface area contributed by atoms with Crippen molar-refractivity contribution in [2.45, 2.75) is 45.8 Å². The van der Waals surface area contributed by atoms with E-state index in [0.717, 1.165) is 16.2 Å². The summed E-state index contributed by atoms with van der Waals surface area (Å²) in [6.07, 6.45) is 0. The van der Waals surface area contributed by atoms with Crippen molar-refractivity contribution in [3.8, 4) is 0 Å². The molecule has 1 saturated heterocycles. The van der Waals surface area contributed by atoms with Gasteiger partial charge in [-0.25, -0.2) is 0 Å². The molecule has 1 aliphatic rings. The molecule has 0 aromatic heterocycles. The Morgan fingerprint density at radius 3 is 2.16 bits per heavy atom. The maximum atomic E-state index is 6.19. The molecule has 0 amide bonds. The Kier molecular flexibility index (Phi) is 3.83. The summed E-state index contributed by atoms with van der Waals surface area (Å²) < 4.78 is 11.9. The molecule has 1 heterocycles. The van der Waals surface area contributed by atoms with Gasteiger partial charge < -0.3 is 9.31 Å². The second-order valence-corrected chi connectivity index (χ2v) is 6.36. The fraction of sp³-hybridized carbons (Fsp3) is 0.467. The van der Waals surface area contributed by atoms with E-state index in [1.54, 1.807) is 0 Å². The summed E-state index contributed by atoms with van der Waals surface area (Å²) in [6, 6.07) is 7.79. The molecule has 4 heteroatoms. The van der Waals surface area contributed by atoms with Gasteiger partial charge in [-0.2, -0.15) is 0 Å². The van der Waals surface area contributed by atoms with Gasteiger partial charge in [-0.1, -0.05) is 35.8 Å². The van der Waals surface area contributed by atoms with E-state index in [4.69, 9.17) is 20.9 Å². The minimum Gasteiger partial charge on any atom is -0.400 e. The summed E-state index contributed by atoms with van der Waals surface area (Å²) in [7, 11) is -0.332. The van der Waals surface area contributed by atoms with E-state index < -0.39 is 0 Å². The lowest BCUT2D eigenvalue weighted by Gasteiger charge is -2.32. The molecule has 0 radical (unpaired) electrons. The maximum Gasteiger partial charge on any atom is 0.487 e. The van der Waals surface area contributed by atoms with Crippen LogP contribution in [0.1, 0.15) is 40.2 Å². The molecule has 2 rings (SSSR count). The molecule has 1 fully saturated rings. The highest BCUT2D eigenvalue weighted by molar-refractivity contribution is 6.53.